The maximum absolute atomic E-state index is 13.4. The number of aromatic nitrogens is 1. The number of esters is 1. The number of nitrogens with zero attached hydrogens (tertiary/aromatic N) is 1. The van der Waals surface area contributed by atoms with Crippen LogP contribution in [0.15, 0.2) is 71.7 Å². The Morgan fingerprint density at radius 2 is 1.70 bits per heavy atom. The second kappa shape index (κ2) is 8.22. The largest absolute Gasteiger partial charge is 0.465 e. The zero-order valence-electron chi connectivity index (χ0n) is 16.3. The van der Waals surface area contributed by atoms with Crippen LogP contribution < -0.4 is 5.56 Å². The summed E-state index contributed by atoms with van der Waals surface area (Å²) in [6.45, 7) is 1.08. The molecule has 0 saturated carbocycles. The third kappa shape index (κ3) is 3.77. The van der Waals surface area contributed by atoms with Gasteiger partial charge in [-0.15, -0.1) is 0 Å². The fraction of sp³-hybridized carbons (Fsp3) is 0.217. The summed E-state index contributed by atoms with van der Waals surface area (Å²) in [6.07, 6.45) is 1.67. The molecule has 30 heavy (non-hydrogen) atoms. The molecule has 0 spiro atoms. The zero-order chi connectivity index (χ0) is 21.1. The monoisotopic (exact) mass is 409 g/mol. The number of methoxy groups -OCH3 is 1. The van der Waals surface area contributed by atoms with Gasteiger partial charge in [-0.3, -0.25) is 4.79 Å². The molecule has 6 nitrogen and oxygen atoms in total. The number of pyridine rings is 1. The van der Waals surface area contributed by atoms with Crippen molar-refractivity contribution in [3.63, 3.8) is 0 Å². The quantitative estimate of drug-likeness (QED) is 0.606. The van der Waals surface area contributed by atoms with E-state index in [-0.39, 0.29) is 11.4 Å². The van der Waals surface area contributed by atoms with Gasteiger partial charge in [0.25, 0.3) is 5.56 Å². The van der Waals surface area contributed by atoms with Crippen molar-refractivity contribution in [2.75, 3.05) is 20.3 Å². The first kappa shape index (κ1) is 20.0. The number of carbonyl (C=O) groups is 1. The number of ether oxygens (including phenoxy) is 3. The SMILES string of the molecule is COC(=O)c1ccc(Cn2ccc(C3(c4ccc(F)cc4)OCCO3)cc2=O)cc1. The zero-order valence-corrected chi connectivity index (χ0v) is 16.3. The predicted octanol–water partition coefficient (Wildman–Crippen LogP) is 3.07. The molecular formula is C23H20FNO5. The number of hydrogen-bond donors (Lipinski definition) is 0. The third-order valence-corrected chi connectivity index (χ3v) is 5.02. The van der Waals surface area contributed by atoms with Crippen LogP contribution in [0, 0.1) is 5.82 Å². The Balaban J connectivity index is 1.61. The van der Waals surface area contributed by atoms with Crippen LogP contribution in [0.4, 0.5) is 4.39 Å². The Hall–Kier alpha value is -3.29. The number of carbonyl (C=O) groups excluding carboxylic acids is 1. The van der Waals surface area contributed by atoms with Crippen molar-refractivity contribution in [1.29, 1.82) is 0 Å². The topological polar surface area (TPSA) is 66.8 Å². The molecular weight excluding hydrogens is 389 g/mol. The molecule has 0 aliphatic carbocycles. The number of benzene rings is 2. The molecule has 0 N–H and O–H groups in total. The van der Waals surface area contributed by atoms with Crippen LogP contribution in [0.1, 0.15) is 27.0 Å². The van der Waals surface area contributed by atoms with Gasteiger partial charge < -0.3 is 18.8 Å². The molecule has 0 radical (unpaired) electrons. The lowest BCUT2D eigenvalue weighted by Gasteiger charge is -2.28. The van der Waals surface area contributed by atoms with E-state index < -0.39 is 11.8 Å². The van der Waals surface area contributed by atoms with E-state index in [1.54, 1.807) is 53.2 Å². The highest BCUT2D eigenvalue weighted by molar-refractivity contribution is 5.89. The van der Waals surface area contributed by atoms with Gasteiger partial charge in [0.1, 0.15) is 5.82 Å². The Morgan fingerprint density at radius 1 is 1.03 bits per heavy atom. The molecule has 0 bridgehead atoms. The molecule has 4 rings (SSSR count). The van der Waals surface area contributed by atoms with Crippen molar-refractivity contribution in [1.82, 2.24) is 4.57 Å². The van der Waals surface area contributed by atoms with Crippen molar-refractivity contribution < 1.29 is 23.4 Å². The van der Waals surface area contributed by atoms with Crippen molar-refractivity contribution >= 4 is 5.97 Å². The van der Waals surface area contributed by atoms with Crippen LogP contribution in [-0.2, 0) is 26.5 Å². The highest BCUT2D eigenvalue weighted by Crippen LogP contribution is 2.37. The van der Waals surface area contributed by atoms with Crippen LogP contribution in [0.25, 0.3) is 0 Å². The molecule has 0 unspecified atom stereocenters. The van der Waals surface area contributed by atoms with E-state index in [1.165, 1.54) is 25.3 Å². The normalized spacial score (nSPS) is 15.1. The molecule has 0 atom stereocenters. The van der Waals surface area contributed by atoms with Crippen LogP contribution in [0.5, 0.6) is 0 Å². The predicted molar refractivity (Wildman–Crippen MR) is 107 cm³/mol. The summed E-state index contributed by atoms with van der Waals surface area (Å²) >= 11 is 0. The molecule has 2 heterocycles. The van der Waals surface area contributed by atoms with Crippen molar-refractivity contribution in [2.45, 2.75) is 12.3 Å². The van der Waals surface area contributed by atoms with Gasteiger partial charge in [-0.2, -0.15) is 0 Å². The summed E-state index contributed by atoms with van der Waals surface area (Å²) in [5, 5.41) is 0. The molecule has 154 valence electrons. The molecule has 1 aromatic heterocycles. The summed E-state index contributed by atoms with van der Waals surface area (Å²) in [4.78, 5) is 24.3. The number of halogens is 1. The highest BCUT2D eigenvalue weighted by Gasteiger charge is 2.41. The molecule has 3 aromatic rings. The van der Waals surface area contributed by atoms with E-state index in [2.05, 4.69) is 4.74 Å². The summed E-state index contributed by atoms with van der Waals surface area (Å²) in [5.41, 5.74) is 2.25. The minimum atomic E-state index is -1.23. The molecule has 1 saturated heterocycles. The molecule has 1 fully saturated rings. The first-order valence-electron chi connectivity index (χ1n) is 9.44. The molecule has 7 heteroatoms. The van der Waals surface area contributed by atoms with Gasteiger partial charge in [-0.25, -0.2) is 9.18 Å². The minimum Gasteiger partial charge on any atom is -0.465 e. The summed E-state index contributed by atoms with van der Waals surface area (Å²) in [6, 6.07) is 15.9. The van der Waals surface area contributed by atoms with E-state index in [0.717, 1.165) is 5.56 Å². The smallest absolute Gasteiger partial charge is 0.337 e. The van der Waals surface area contributed by atoms with E-state index in [1.807, 2.05) is 0 Å². The Labute approximate surface area is 172 Å². The van der Waals surface area contributed by atoms with E-state index in [0.29, 0.717) is 36.4 Å². The van der Waals surface area contributed by atoms with E-state index in [4.69, 9.17) is 9.47 Å². The minimum absolute atomic E-state index is 0.231. The number of hydrogen-bond acceptors (Lipinski definition) is 5. The Bertz CT molecular complexity index is 1100. The van der Waals surface area contributed by atoms with Crippen LogP contribution in [-0.4, -0.2) is 30.9 Å². The lowest BCUT2D eigenvalue weighted by molar-refractivity contribution is -0.130. The maximum atomic E-state index is 13.4. The lowest BCUT2D eigenvalue weighted by Crippen LogP contribution is -2.31. The van der Waals surface area contributed by atoms with Gasteiger partial charge in [0.05, 0.1) is 32.4 Å². The van der Waals surface area contributed by atoms with Crippen LogP contribution >= 0.6 is 0 Å². The van der Waals surface area contributed by atoms with Crippen molar-refractivity contribution in [3.05, 3.63) is 105 Å². The van der Waals surface area contributed by atoms with Gasteiger partial charge in [0, 0.05) is 23.4 Å². The van der Waals surface area contributed by atoms with Crippen molar-refractivity contribution in [2.24, 2.45) is 0 Å². The first-order valence-corrected chi connectivity index (χ1v) is 9.44. The first-order chi connectivity index (χ1) is 14.5. The summed E-state index contributed by atoms with van der Waals surface area (Å²) in [5.74, 6) is -2.00. The second-order valence-corrected chi connectivity index (χ2v) is 6.89. The van der Waals surface area contributed by atoms with Crippen molar-refractivity contribution in [3.8, 4) is 0 Å². The summed E-state index contributed by atoms with van der Waals surface area (Å²) < 4.78 is 31.3. The average molecular weight is 409 g/mol. The maximum Gasteiger partial charge on any atom is 0.337 e. The third-order valence-electron chi connectivity index (χ3n) is 5.02. The summed E-state index contributed by atoms with van der Waals surface area (Å²) in [7, 11) is 1.33. The fourth-order valence-electron chi connectivity index (χ4n) is 3.49. The van der Waals surface area contributed by atoms with E-state index >= 15 is 0 Å². The Kier molecular flexibility index (Phi) is 5.48. The lowest BCUT2D eigenvalue weighted by atomic mass is 9.98. The number of rotatable bonds is 5. The van der Waals surface area contributed by atoms with Crippen LogP contribution in [0.3, 0.4) is 0 Å². The van der Waals surface area contributed by atoms with Gasteiger partial charge in [0.2, 0.25) is 5.79 Å². The Morgan fingerprint density at radius 3 is 2.30 bits per heavy atom. The fourth-order valence-corrected chi connectivity index (χ4v) is 3.49. The molecule has 1 aliphatic heterocycles. The standard InChI is InChI=1S/C23H20FNO5/c1-28-22(27)17-4-2-16(3-5-17)15-25-11-10-19(14-21(25)26)23(29-12-13-30-23)18-6-8-20(24)9-7-18/h2-11,14H,12-13,15H2,1H3. The van der Waals surface area contributed by atoms with Crippen LogP contribution in [0.2, 0.25) is 0 Å². The van der Waals surface area contributed by atoms with Gasteiger partial charge in [-0.05, 0) is 35.9 Å². The average Bonchev–Trinajstić information content (AvgIpc) is 3.27. The molecule has 0 amide bonds. The molecule has 1 aliphatic rings. The molecule has 2 aromatic carbocycles. The van der Waals surface area contributed by atoms with Gasteiger partial charge in [-0.1, -0.05) is 24.3 Å². The van der Waals surface area contributed by atoms with Gasteiger partial charge in [0.15, 0.2) is 0 Å². The highest BCUT2D eigenvalue weighted by atomic mass is 19.1. The van der Waals surface area contributed by atoms with Gasteiger partial charge >= 0.3 is 5.97 Å². The van der Waals surface area contributed by atoms with E-state index in [9.17, 15) is 14.0 Å². The second-order valence-electron chi connectivity index (χ2n) is 6.89.